The molecule has 0 spiro atoms. The summed E-state index contributed by atoms with van der Waals surface area (Å²) < 4.78 is 13.5. The summed E-state index contributed by atoms with van der Waals surface area (Å²) in [6.07, 6.45) is 9.92. The molecule has 2 aromatic carbocycles. The Morgan fingerprint density at radius 3 is 2.44 bits per heavy atom. The van der Waals surface area contributed by atoms with Crippen molar-refractivity contribution < 1.29 is 24.2 Å². The summed E-state index contributed by atoms with van der Waals surface area (Å²) >= 11 is 0. The van der Waals surface area contributed by atoms with Crippen LogP contribution in [0.5, 0.6) is 11.5 Å². The molecule has 39 heavy (non-hydrogen) atoms. The summed E-state index contributed by atoms with van der Waals surface area (Å²) in [6, 6.07) is 13.6. The van der Waals surface area contributed by atoms with Gasteiger partial charge in [-0.3, -0.25) is 9.59 Å². The fourth-order valence-electron chi connectivity index (χ4n) is 4.70. The number of benzene rings is 2. The van der Waals surface area contributed by atoms with Crippen LogP contribution in [0.3, 0.4) is 0 Å². The number of ether oxygens (including phenoxy) is 2. The maximum Gasteiger partial charge on any atom is 0.295 e. The number of likely N-dealkylation sites (tertiary alicyclic amines) is 1. The van der Waals surface area contributed by atoms with Gasteiger partial charge in [0.1, 0.15) is 17.3 Å². The van der Waals surface area contributed by atoms with Gasteiger partial charge in [0.05, 0.1) is 31.2 Å². The first-order chi connectivity index (χ1) is 19.0. The number of aryl methyl sites for hydroxylation is 1. The molecule has 1 aliphatic heterocycles. The van der Waals surface area contributed by atoms with Gasteiger partial charge in [-0.05, 0) is 61.2 Å². The van der Waals surface area contributed by atoms with Crippen molar-refractivity contribution >= 4 is 17.4 Å². The van der Waals surface area contributed by atoms with E-state index in [1.54, 1.807) is 41.7 Å². The van der Waals surface area contributed by atoms with Crippen LogP contribution in [0, 0.1) is 0 Å². The number of aliphatic hydroxyl groups excluding tert-OH is 1. The molecule has 1 N–H and O–H groups in total. The molecular weight excluding hydrogens is 494 g/mol. The zero-order chi connectivity index (χ0) is 27.6. The van der Waals surface area contributed by atoms with Crippen LogP contribution in [-0.2, 0) is 16.1 Å². The van der Waals surface area contributed by atoms with E-state index in [4.69, 9.17) is 9.47 Å². The molecule has 4 rings (SSSR count). The fourth-order valence-corrected chi connectivity index (χ4v) is 4.70. The van der Waals surface area contributed by atoms with Crippen molar-refractivity contribution in [3.63, 3.8) is 0 Å². The maximum atomic E-state index is 13.4. The minimum atomic E-state index is -0.733. The van der Waals surface area contributed by atoms with E-state index in [1.165, 1.54) is 0 Å². The Hall–Kier alpha value is -4.07. The minimum Gasteiger partial charge on any atom is -0.507 e. The topological polar surface area (TPSA) is 93.9 Å². The Labute approximate surface area is 229 Å². The van der Waals surface area contributed by atoms with Crippen LogP contribution in [-0.4, -0.2) is 51.0 Å². The molecule has 8 nitrogen and oxygen atoms in total. The number of carbonyl (C=O) groups excluding carboxylic acids is 2. The maximum absolute atomic E-state index is 13.4. The quantitative estimate of drug-likeness (QED) is 0.123. The van der Waals surface area contributed by atoms with Crippen molar-refractivity contribution in [1.29, 1.82) is 0 Å². The van der Waals surface area contributed by atoms with E-state index < -0.39 is 17.7 Å². The Morgan fingerprint density at radius 2 is 1.72 bits per heavy atom. The van der Waals surface area contributed by atoms with Crippen molar-refractivity contribution in [2.45, 2.75) is 58.5 Å². The molecule has 1 amide bonds. The fraction of sp³-hybridized carbons (Fsp3) is 0.387. The van der Waals surface area contributed by atoms with Crippen LogP contribution in [0.4, 0.5) is 0 Å². The van der Waals surface area contributed by atoms with Gasteiger partial charge in [0, 0.05) is 31.0 Å². The van der Waals surface area contributed by atoms with Crippen LogP contribution < -0.4 is 9.47 Å². The van der Waals surface area contributed by atoms with Gasteiger partial charge in [-0.25, -0.2) is 4.98 Å². The molecule has 1 saturated heterocycles. The highest BCUT2D eigenvalue weighted by Crippen LogP contribution is 2.40. The average Bonchev–Trinajstić information content (AvgIpc) is 3.57. The van der Waals surface area contributed by atoms with Crippen LogP contribution in [0.2, 0.25) is 0 Å². The molecule has 206 valence electrons. The third kappa shape index (κ3) is 6.88. The third-order valence-corrected chi connectivity index (χ3v) is 6.71. The van der Waals surface area contributed by atoms with Crippen molar-refractivity contribution in [3.8, 4) is 11.5 Å². The lowest BCUT2D eigenvalue weighted by molar-refractivity contribution is -0.139. The van der Waals surface area contributed by atoms with Gasteiger partial charge in [0.25, 0.3) is 11.7 Å². The number of carbonyl (C=O) groups is 2. The van der Waals surface area contributed by atoms with Crippen molar-refractivity contribution in [2.75, 3.05) is 19.8 Å². The largest absolute Gasteiger partial charge is 0.507 e. The summed E-state index contributed by atoms with van der Waals surface area (Å²) in [5.74, 6) is -0.167. The van der Waals surface area contributed by atoms with Gasteiger partial charge in [-0.15, -0.1) is 0 Å². The van der Waals surface area contributed by atoms with Gasteiger partial charge in [0.2, 0.25) is 0 Å². The second kappa shape index (κ2) is 13.6. The molecule has 1 aliphatic rings. The third-order valence-electron chi connectivity index (χ3n) is 6.71. The summed E-state index contributed by atoms with van der Waals surface area (Å²) in [4.78, 5) is 32.3. The van der Waals surface area contributed by atoms with Crippen molar-refractivity contribution in [2.24, 2.45) is 0 Å². The van der Waals surface area contributed by atoms with E-state index in [-0.39, 0.29) is 11.3 Å². The first-order valence-electron chi connectivity index (χ1n) is 13.7. The predicted octanol–water partition coefficient (Wildman–Crippen LogP) is 5.75. The van der Waals surface area contributed by atoms with E-state index >= 15 is 0 Å². The number of imidazole rings is 1. The summed E-state index contributed by atoms with van der Waals surface area (Å²) in [7, 11) is 0. The Kier molecular flexibility index (Phi) is 9.78. The molecular formula is C31H37N3O5. The van der Waals surface area contributed by atoms with Crippen LogP contribution in [0.15, 0.2) is 72.8 Å². The van der Waals surface area contributed by atoms with Gasteiger partial charge in [-0.1, -0.05) is 38.8 Å². The molecule has 0 aliphatic carbocycles. The molecule has 1 atom stereocenters. The lowest BCUT2D eigenvalue weighted by Crippen LogP contribution is -2.31. The van der Waals surface area contributed by atoms with Gasteiger partial charge >= 0.3 is 0 Å². The summed E-state index contributed by atoms with van der Waals surface area (Å²) in [6.45, 7) is 6.34. The van der Waals surface area contributed by atoms with E-state index in [0.29, 0.717) is 55.4 Å². The Bertz CT molecular complexity index is 1270. The minimum absolute atomic E-state index is 0.0768. The van der Waals surface area contributed by atoms with E-state index in [0.717, 1.165) is 25.7 Å². The highest BCUT2D eigenvalue weighted by atomic mass is 16.5. The SMILES string of the molecule is CCCCCOc1cccc(C2/C(=C(\O)c3ccc(OCCC)cc3)C(=O)C(=O)N2CCCn2ccnc2)c1. The smallest absolute Gasteiger partial charge is 0.295 e. The van der Waals surface area contributed by atoms with Gasteiger partial charge in [-0.2, -0.15) is 0 Å². The summed E-state index contributed by atoms with van der Waals surface area (Å²) in [5.41, 5.74) is 1.24. The zero-order valence-electron chi connectivity index (χ0n) is 22.7. The highest BCUT2D eigenvalue weighted by Gasteiger charge is 2.45. The number of amides is 1. The summed E-state index contributed by atoms with van der Waals surface area (Å²) in [5, 5.41) is 11.4. The number of Topliss-reactive ketones (excluding diaryl/α,β-unsaturated/α-hetero) is 1. The number of aromatic nitrogens is 2. The van der Waals surface area contributed by atoms with E-state index in [2.05, 4.69) is 11.9 Å². The second-order valence-corrected chi connectivity index (χ2v) is 9.65. The van der Waals surface area contributed by atoms with Crippen molar-refractivity contribution in [1.82, 2.24) is 14.5 Å². The van der Waals surface area contributed by atoms with Gasteiger partial charge < -0.3 is 24.0 Å². The lowest BCUT2D eigenvalue weighted by Gasteiger charge is -2.26. The normalized spacial score (nSPS) is 16.6. The highest BCUT2D eigenvalue weighted by molar-refractivity contribution is 6.46. The zero-order valence-corrected chi connectivity index (χ0v) is 22.7. The number of ketones is 1. The number of unbranched alkanes of at least 4 members (excludes halogenated alkanes) is 2. The van der Waals surface area contributed by atoms with E-state index in [1.807, 2.05) is 42.0 Å². The molecule has 0 radical (unpaired) electrons. The number of hydrogen-bond acceptors (Lipinski definition) is 6. The van der Waals surface area contributed by atoms with Crippen LogP contribution in [0.25, 0.3) is 5.76 Å². The first-order valence-corrected chi connectivity index (χ1v) is 13.7. The molecule has 1 fully saturated rings. The Balaban J connectivity index is 1.66. The van der Waals surface area contributed by atoms with E-state index in [9.17, 15) is 14.7 Å². The van der Waals surface area contributed by atoms with Crippen molar-refractivity contribution in [3.05, 3.63) is 84.0 Å². The molecule has 3 aromatic rings. The standard InChI is InChI=1S/C31H37N3O5/c1-3-5-6-20-39-26-10-7-9-24(21-26)28-27(29(35)23-11-13-25(14-12-23)38-19-4-2)30(36)31(37)34(28)17-8-16-33-18-15-32-22-33/h7,9-15,18,21-22,28,35H,3-6,8,16-17,19-20H2,1-2H3/b29-27+. The molecule has 8 heteroatoms. The molecule has 0 bridgehead atoms. The molecule has 2 heterocycles. The van der Waals surface area contributed by atoms with Crippen LogP contribution >= 0.6 is 0 Å². The number of hydrogen-bond donors (Lipinski definition) is 1. The lowest BCUT2D eigenvalue weighted by atomic mass is 9.95. The Morgan fingerprint density at radius 1 is 0.923 bits per heavy atom. The molecule has 1 unspecified atom stereocenters. The molecule has 0 saturated carbocycles. The first kappa shape index (κ1) is 28.0. The number of rotatable bonds is 14. The average molecular weight is 532 g/mol. The second-order valence-electron chi connectivity index (χ2n) is 9.65. The van der Waals surface area contributed by atoms with Crippen LogP contribution in [0.1, 0.15) is 63.1 Å². The monoisotopic (exact) mass is 531 g/mol. The van der Waals surface area contributed by atoms with Gasteiger partial charge in [0.15, 0.2) is 0 Å². The predicted molar refractivity (Wildman–Crippen MR) is 150 cm³/mol. The molecule has 1 aromatic heterocycles. The number of aliphatic hydroxyl groups is 1. The number of nitrogens with zero attached hydrogens (tertiary/aromatic N) is 3.